The number of nitrogens with one attached hydrogen (secondary N) is 1. The fourth-order valence-corrected chi connectivity index (χ4v) is 4.66. The van der Waals surface area contributed by atoms with Gasteiger partial charge in [-0.1, -0.05) is 29.3 Å². The highest BCUT2D eigenvalue weighted by atomic mass is 35.5. The zero-order valence-electron chi connectivity index (χ0n) is 15.0. The van der Waals surface area contributed by atoms with Crippen molar-refractivity contribution in [3.63, 3.8) is 0 Å². The van der Waals surface area contributed by atoms with Crippen LogP contribution in [0.3, 0.4) is 0 Å². The first-order chi connectivity index (χ1) is 13.3. The molecular weight excluding hydrogens is 424 g/mol. The molecule has 9 heteroatoms. The third kappa shape index (κ3) is 4.55. The molecule has 0 aliphatic rings. The Balaban J connectivity index is 1.62. The Hall–Kier alpha value is -1.93. The van der Waals surface area contributed by atoms with Gasteiger partial charge in [0.2, 0.25) is 10.0 Å². The van der Waals surface area contributed by atoms with E-state index in [4.69, 9.17) is 23.2 Å². The molecule has 0 saturated heterocycles. The van der Waals surface area contributed by atoms with Gasteiger partial charge in [0.1, 0.15) is 10.7 Å². The van der Waals surface area contributed by atoms with Gasteiger partial charge in [-0.15, -0.1) is 0 Å². The summed E-state index contributed by atoms with van der Waals surface area (Å²) in [5.74, 6) is -0.302. The molecule has 2 aromatic carbocycles. The summed E-state index contributed by atoms with van der Waals surface area (Å²) in [7, 11) is -2.23. The van der Waals surface area contributed by atoms with Crippen molar-refractivity contribution in [3.8, 4) is 11.3 Å². The minimum atomic E-state index is -3.73. The van der Waals surface area contributed by atoms with E-state index >= 15 is 0 Å². The summed E-state index contributed by atoms with van der Waals surface area (Å²) in [6.45, 7) is 0.302. The molecule has 0 amide bonds. The van der Waals surface area contributed by atoms with E-state index in [1.807, 2.05) is 6.07 Å². The molecule has 1 aromatic heterocycles. The van der Waals surface area contributed by atoms with E-state index in [1.54, 1.807) is 24.3 Å². The van der Waals surface area contributed by atoms with Gasteiger partial charge in [0.05, 0.1) is 15.7 Å². The lowest BCUT2D eigenvalue weighted by atomic mass is 10.1. The number of sulfonamides is 1. The van der Waals surface area contributed by atoms with Gasteiger partial charge >= 0.3 is 0 Å². The van der Waals surface area contributed by atoms with E-state index in [0.717, 1.165) is 11.3 Å². The zero-order valence-corrected chi connectivity index (χ0v) is 17.3. The van der Waals surface area contributed by atoms with Crippen molar-refractivity contribution in [1.29, 1.82) is 0 Å². The van der Waals surface area contributed by atoms with Crippen LogP contribution in [0.15, 0.2) is 53.4 Å². The number of benzene rings is 2. The van der Waals surface area contributed by atoms with Crippen LogP contribution in [0.5, 0.6) is 0 Å². The molecule has 5 nitrogen and oxygen atoms in total. The van der Waals surface area contributed by atoms with E-state index in [-0.39, 0.29) is 20.8 Å². The smallest absolute Gasteiger partial charge is 0.244 e. The molecule has 1 heterocycles. The molecule has 0 fully saturated rings. The highest BCUT2D eigenvalue weighted by Gasteiger charge is 2.24. The highest BCUT2D eigenvalue weighted by molar-refractivity contribution is 7.89. The summed E-state index contributed by atoms with van der Waals surface area (Å²) in [6.07, 6.45) is 1.19. The molecule has 0 radical (unpaired) electrons. The SMILES string of the molecule is CN(CCCc1cc(-c2ccc(F)cc2)n[nH]1)S(=O)(=O)c1cccc(Cl)c1Cl. The van der Waals surface area contributed by atoms with Gasteiger partial charge in [-0.3, -0.25) is 5.10 Å². The first-order valence-corrected chi connectivity index (χ1v) is 10.7. The summed E-state index contributed by atoms with van der Waals surface area (Å²) in [5, 5.41) is 7.37. The molecule has 1 N–H and O–H groups in total. The third-order valence-corrected chi connectivity index (χ3v) is 7.12. The Morgan fingerprint density at radius 3 is 2.57 bits per heavy atom. The number of hydrogen-bond acceptors (Lipinski definition) is 3. The predicted octanol–water partition coefficient (Wildman–Crippen LogP) is 4.78. The van der Waals surface area contributed by atoms with Crippen LogP contribution in [0, 0.1) is 5.82 Å². The van der Waals surface area contributed by atoms with Gasteiger partial charge < -0.3 is 0 Å². The van der Waals surface area contributed by atoms with Crippen LogP contribution in [-0.4, -0.2) is 36.5 Å². The molecule has 148 valence electrons. The van der Waals surface area contributed by atoms with Crippen molar-refractivity contribution in [2.24, 2.45) is 0 Å². The number of nitrogens with zero attached hydrogens (tertiary/aromatic N) is 2. The maximum Gasteiger partial charge on any atom is 0.244 e. The average molecular weight is 442 g/mol. The molecular formula is C19H18Cl2FN3O2S. The largest absolute Gasteiger partial charge is 0.282 e. The molecule has 0 aliphatic carbocycles. The number of rotatable bonds is 7. The fourth-order valence-electron chi connectivity index (χ4n) is 2.72. The molecule has 28 heavy (non-hydrogen) atoms. The van der Waals surface area contributed by atoms with E-state index in [2.05, 4.69) is 10.2 Å². The summed E-state index contributed by atoms with van der Waals surface area (Å²) in [6, 6.07) is 12.5. The van der Waals surface area contributed by atoms with Crippen molar-refractivity contribution in [3.05, 3.63) is 70.1 Å². The van der Waals surface area contributed by atoms with Gasteiger partial charge in [-0.05, 0) is 55.3 Å². The van der Waals surface area contributed by atoms with Crippen LogP contribution in [0.1, 0.15) is 12.1 Å². The quantitative estimate of drug-likeness (QED) is 0.573. The number of H-pyrrole nitrogens is 1. The molecule has 0 aliphatic heterocycles. The first-order valence-electron chi connectivity index (χ1n) is 8.49. The lowest BCUT2D eigenvalue weighted by Crippen LogP contribution is -2.28. The van der Waals surface area contributed by atoms with E-state index in [1.165, 1.54) is 29.6 Å². The van der Waals surface area contributed by atoms with Crippen molar-refractivity contribution in [2.45, 2.75) is 17.7 Å². The first kappa shape index (κ1) is 20.8. The summed E-state index contributed by atoms with van der Waals surface area (Å²) in [4.78, 5) is -0.00990. The summed E-state index contributed by atoms with van der Waals surface area (Å²) in [5.41, 5.74) is 2.38. The molecule has 0 saturated carbocycles. The van der Waals surface area contributed by atoms with Gasteiger partial charge in [0.25, 0.3) is 0 Å². The van der Waals surface area contributed by atoms with Gasteiger partial charge in [-0.25, -0.2) is 17.1 Å². The Morgan fingerprint density at radius 2 is 1.86 bits per heavy atom. The molecule has 0 spiro atoms. The summed E-state index contributed by atoms with van der Waals surface area (Å²) < 4.78 is 39.7. The normalized spacial score (nSPS) is 11.9. The van der Waals surface area contributed by atoms with Crippen LogP contribution < -0.4 is 0 Å². The maximum absolute atomic E-state index is 13.0. The molecule has 3 aromatic rings. The third-order valence-electron chi connectivity index (χ3n) is 4.29. The van der Waals surface area contributed by atoms with Crippen molar-refractivity contribution >= 4 is 33.2 Å². The minimum absolute atomic E-state index is 0.00990. The Kier molecular flexibility index (Phi) is 6.40. The van der Waals surface area contributed by atoms with Gasteiger partial charge in [0, 0.05) is 24.8 Å². The predicted molar refractivity (Wildman–Crippen MR) is 109 cm³/mol. The van der Waals surface area contributed by atoms with Crippen LogP contribution in [0.2, 0.25) is 10.0 Å². The standard InChI is InChI=1S/C19H18Cl2FN3O2S/c1-25(28(26,27)18-6-2-5-16(20)19(18)21)11-3-4-15-12-17(24-23-15)13-7-9-14(22)10-8-13/h2,5-10,12H,3-4,11H2,1H3,(H,23,24). The van der Waals surface area contributed by atoms with Gasteiger partial charge in [0.15, 0.2) is 0 Å². The number of aromatic amines is 1. The topological polar surface area (TPSA) is 66.1 Å². The van der Waals surface area contributed by atoms with E-state index in [9.17, 15) is 12.8 Å². The second kappa shape index (κ2) is 8.61. The van der Waals surface area contributed by atoms with E-state index < -0.39 is 10.0 Å². The number of aromatic nitrogens is 2. The lowest BCUT2D eigenvalue weighted by molar-refractivity contribution is 0.460. The monoisotopic (exact) mass is 441 g/mol. The Bertz CT molecular complexity index is 1070. The maximum atomic E-state index is 13.0. The van der Waals surface area contributed by atoms with Crippen molar-refractivity contribution in [2.75, 3.05) is 13.6 Å². The number of halogens is 3. The molecule has 3 rings (SSSR count). The van der Waals surface area contributed by atoms with Crippen LogP contribution in [0.4, 0.5) is 4.39 Å². The summed E-state index contributed by atoms with van der Waals surface area (Å²) >= 11 is 12.0. The lowest BCUT2D eigenvalue weighted by Gasteiger charge is -2.18. The van der Waals surface area contributed by atoms with Crippen molar-refractivity contribution in [1.82, 2.24) is 14.5 Å². The second-order valence-electron chi connectivity index (χ2n) is 6.27. The van der Waals surface area contributed by atoms with E-state index in [0.29, 0.717) is 25.1 Å². The van der Waals surface area contributed by atoms with Crippen LogP contribution in [-0.2, 0) is 16.4 Å². The number of hydrogen-bond donors (Lipinski definition) is 1. The Morgan fingerprint density at radius 1 is 1.14 bits per heavy atom. The zero-order chi connectivity index (χ0) is 20.3. The molecule has 0 bridgehead atoms. The van der Waals surface area contributed by atoms with Gasteiger partial charge in [-0.2, -0.15) is 5.10 Å². The molecule has 0 unspecified atom stereocenters. The van der Waals surface area contributed by atoms with Crippen LogP contribution >= 0.6 is 23.2 Å². The van der Waals surface area contributed by atoms with Crippen molar-refractivity contribution < 1.29 is 12.8 Å². The second-order valence-corrected chi connectivity index (χ2v) is 9.07. The highest BCUT2D eigenvalue weighted by Crippen LogP contribution is 2.30. The van der Waals surface area contributed by atoms with Crippen LogP contribution in [0.25, 0.3) is 11.3 Å². The molecule has 0 atom stereocenters. The minimum Gasteiger partial charge on any atom is -0.282 e. The average Bonchev–Trinajstić information content (AvgIpc) is 3.13. The fraction of sp³-hybridized carbons (Fsp3) is 0.211. The Labute approximate surface area is 173 Å². The number of aryl methyl sites for hydroxylation is 1.